The minimum atomic E-state index is -1.32. The molecule has 0 aromatic rings. The largest absolute Gasteiger partial charge is 0.478 e. The molecule has 0 aromatic heterocycles. The lowest BCUT2D eigenvalue weighted by Crippen LogP contribution is -2.47. The number of ether oxygens (including phenoxy) is 1. The van der Waals surface area contributed by atoms with Crippen LogP contribution in [0.15, 0.2) is 12.2 Å². The van der Waals surface area contributed by atoms with Crippen molar-refractivity contribution < 1.29 is 29.3 Å². The fourth-order valence-corrected chi connectivity index (χ4v) is 1.12. The van der Waals surface area contributed by atoms with E-state index in [2.05, 4.69) is 4.74 Å². The van der Waals surface area contributed by atoms with Crippen LogP contribution in [0, 0.1) is 0 Å². The topological polar surface area (TPSA) is 104 Å². The highest BCUT2D eigenvalue weighted by molar-refractivity contribution is 5.95. The fraction of sp³-hybridized carbons (Fsp3) is 0.545. The maximum Gasteiger partial charge on any atom is 0.418 e. The molecule has 102 valence electrons. The molecule has 0 aliphatic heterocycles. The third-order valence-electron chi connectivity index (χ3n) is 1.90. The van der Waals surface area contributed by atoms with Crippen molar-refractivity contribution in [1.82, 2.24) is 4.90 Å². The number of β-amino-alcohol motifs (C(OH)–C–C–N with tert-alkyl or cyclic N) is 1. The number of carbonyl (C=O) groups excluding carboxylic acids is 2. The minimum Gasteiger partial charge on any atom is -0.478 e. The zero-order valence-corrected chi connectivity index (χ0v) is 10.5. The smallest absolute Gasteiger partial charge is 0.418 e. The first kappa shape index (κ1) is 16.1. The second-order valence-electron chi connectivity index (χ2n) is 4.40. The molecule has 0 aliphatic rings. The number of nitrogens with zero attached hydrogens (tertiary/aromatic N) is 1. The second-order valence-corrected chi connectivity index (χ2v) is 4.40. The molecule has 0 saturated carbocycles. The lowest BCUT2D eigenvalue weighted by atomic mass is 10.1. The van der Waals surface area contributed by atoms with Gasteiger partial charge in [0.1, 0.15) is 0 Å². The molecule has 0 bridgehead atoms. The molecule has 0 unspecified atom stereocenters. The third kappa shape index (κ3) is 6.00. The van der Waals surface area contributed by atoms with E-state index in [9.17, 15) is 14.4 Å². The summed E-state index contributed by atoms with van der Waals surface area (Å²) in [6.07, 6.45) is 0.278. The SMILES string of the molecule is CC(C)(C)N(CCO)C(=O)OC(=O)/C=C/C(=O)O. The first-order valence-corrected chi connectivity index (χ1v) is 5.23. The maximum absolute atomic E-state index is 11.6. The number of carboxylic acids is 1. The summed E-state index contributed by atoms with van der Waals surface area (Å²) >= 11 is 0. The van der Waals surface area contributed by atoms with Crippen molar-refractivity contribution >= 4 is 18.0 Å². The summed E-state index contributed by atoms with van der Waals surface area (Å²) in [5.74, 6) is -2.39. The molecule has 0 heterocycles. The highest BCUT2D eigenvalue weighted by atomic mass is 16.6. The summed E-state index contributed by atoms with van der Waals surface area (Å²) in [7, 11) is 0. The summed E-state index contributed by atoms with van der Waals surface area (Å²) in [5.41, 5.74) is -0.628. The average Bonchev–Trinajstić information content (AvgIpc) is 2.21. The van der Waals surface area contributed by atoms with Crippen molar-refractivity contribution in [3.63, 3.8) is 0 Å². The van der Waals surface area contributed by atoms with Gasteiger partial charge in [-0.25, -0.2) is 14.4 Å². The zero-order chi connectivity index (χ0) is 14.3. The standard InChI is InChI=1S/C11H17NO6/c1-11(2,3)12(6-7-13)10(17)18-9(16)5-4-8(14)15/h4-5,13H,6-7H2,1-3H3,(H,14,15)/b5-4+. The van der Waals surface area contributed by atoms with Crippen LogP contribution < -0.4 is 0 Å². The summed E-state index contributed by atoms with van der Waals surface area (Å²) < 4.78 is 4.43. The predicted molar refractivity (Wildman–Crippen MR) is 61.8 cm³/mol. The van der Waals surface area contributed by atoms with E-state index >= 15 is 0 Å². The molecule has 0 aromatic carbocycles. The predicted octanol–water partition coefficient (Wildman–Crippen LogP) is 0.383. The molecule has 0 rings (SSSR count). The van der Waals surface area contributed by atoms with Gasteiger partial charge in [0.25, 0.3) is 0 Å². The highest BCUT2D eigenvalue weighted by Crippen LogP contribution is 2.14. The third-order valence-corrected chi connectivity index (χ3v) is 1.90. The Labute approximate surface area is 105 Å². The van der Waals surface area contributed by atoms with E-state index in [1.807, 2.05) is 0 Å². The van der Waals surface area contributed by atoms with Crippen LogP contribution in [0.1, 0.15) is 20.8 Å². The molecule has 0 saturated heterocycles. The van der Waals surface area contributed by atoms with Crippen molar-refractivity contribution in [2.24, 2.45) is 0 Å². The van der Waals surface area contributed by atoms with Crippen molar-refractivity contribution in [2.45, 2.75) is 26.3 Å². The normalized spacial score (nSPS) is 11.3. The van der Waals surface area contributed by atoms with E-state index in [1.54, 1.807) is 20.8 Å². The number of esters is 1. The molecule has 0 fully saturated rings. The lowest BCUT2D eigenvalue weighted by Gasteiger charge is -2.33. The van der Waals surface area contributed by atoms with Crippen LogP contribution in [0.5, 0.6) is 0 Å². The molecule has 1 amide bonds. The Morgan fingerprint density at radius 1 is 1.22 bits per heavy atom. The number of aliphatic carboxylic acids is 1. The van der Waals surface area contributed by atoms with Gasteiger partial charge in [-0.1, -0.05) is 0 Å². The van der Waals surface area contributed by atoms with Crippen LogP contribution in [0.2, 0.25) is 0 Å². The Morgan fingerprint density at radius 3 is 2.17 bits per heavy atom. The number of aliphatic hydroxyl groups is 1. The summed E-state index contributed by atoms with van der Waals surface area (Å²) in [5, 5.41) is 17.1. The van der Waals surface area contributed by atoms with Crippen molar-refractivity contribution in [3.8, 4) is 0 Å². The van der Waals surface area contributed by atoms with E-state index in [1.165, 1.54) is 4.90 Å². The van der Waals surface area contributed by atoms with Crippen molar-refractivity contribution in [2.75, 3.05) is 13.2 Å². The molecule has 0 atom stereocenters. The van der Waals surface area contributed by atoms with Crippen molar-refractivity contribution in [1.29, 1.82) is 0 Å². The molecule has 0 radical (unpaired) electrons. The van der Waals surface area contributed by atoms with Crippen LogP contribution in [0.3, 0.4) is 0 Å². The van der Waals surface area contributed by atoms with Crippen LogP contribution in [0.4, 0.5) is 4.79 Å². The van der Waals surface area contributed by atoms with Gasteiger partial charge in [-0.3, -0.25) is 0 Å². The molecule has 7 nitrogen and oxygen atoms in total. The van der Waals surface area contributed by atoms with Gasteiger partial charge in [0.2, 0.25) is 0 Å². The number of carbonyl (C=O) groups is 3. The number of amides is 1. The first-order chi connectivity index (χ1) is 8.18. The van der Waals surface area contributed by atoms with Gasteiger partial charge in [-0.05, 0) is 20.8 Å². The molecule has 0 spiro atoms. The van der Waals surface area contributed by atoms with E-state index in [0.29, 0.717) is 12.2 Å². The van der Waals surface area contributed by atoms with E-state index in [-0.39, 0.29) is 13.2 Å². The summed E-state index contributed by atoms with van der Waals surface area (Å²) in [4.78, 5) is 34.1. The maximum atomic E-state index is 11.6. The minimum absolute atomic E-state index is 0.0122. The fourth-order valence-electron chi connectivity index (χ4n) is 1.12. The Kier molecular flexibility index (Phi) is 6.04. The quantitative estimate of drug-likeness (QED) is 0.430. The number of aliphatic hydroxyl groups excluding tert-OH is 1. The molecule has 18 heavy (non-hydrogen) atoms. The van der Waals surface area contributed by atoms with Gasteiger partial charge in [0.05, 0.1) is 6.61 Å². The number of hydrogen-bond acceptors (Lipinski definition) is 5. The van der Waals surface area contributed by atoms with Crippen molar-refractivity contribution in [3.05, 3.63) is 12.2 Å². The summed E-state index contributed by atoms with van der Waals surface area (Å²) in [6.45, 7) is 4.87. The van der Waals surface area contributed by atoms with E-state index in [0.717, 1.165) is 0 Å². The van der Waals surface area contributed by atoms with Gasteiger partial charge in [-0.15, -0.1) is 0 Å². The average molecular weight is 259 g/mol. The Bertz CT molecular complexity index is 355. The van der Waals surface area contributed by atoms with Crippen LogP contribution in [0.25, 0.3) is 0 Å². The van der Waals surface area contributed by atoms with Gasteiger partial charge in [0.15, 0.2) is 0 Å². The monoisotopic (exact) mass is 259 g/mol. The second kappa shape index (κ2) is 6.75. The number of carboxylic acid groups (broad SMARTS) is 1. The molecular weight excluding hydrogens is 242 g/mol. The van der Waals surface area contributed by atoms with Crippen LogP contribution in [-0.4, -0.2) is 51.8 Å². The van der Waals surface area contributed by atoms with Gasteiger partial charge < -0.3 is 19.8 Å². The summed E-state index contributed by atoms with van der Waals surface area (Å²) in [6, 6.07) is 0. The molecule has 7 heteroatoms. The van der Waals surface area contributed by atoms with Gasteiger partial charge >= 0.3 is 18.0 Å². The molecule has 2 N–H and O–H groups in total. The zero-order valence-electron chi connectivity index (χ0n) is 10.5. The molecule has 0 aliphatic carbocycles. The first-order valence-electron chi connectivity index (χ1n) is 5.23. The number of hydrogen-bond donors (Lipinski definition) is 2. The van der Waals surface area contributed by atoms with Gasteiger partial charge in [0, 0.05) is 24.2 Å². The number of rotatable bonds is 4. The Hall–Kier alpha value is -1.89. The van der Waals surface area contributed by atoms with Crippen LogP contribution in [-0.2, 0) is 14.3 Å². The van der Waals surface area contributed by atoms with Gasteiger partial charge in [-0.2, -0.15) is 0 Å². The Morgan fingerprint density at radius 2 is 1.78 bits per heavy atom. The lowest BCUT2D eigenvalue weighted by molar-refractivity contribution is -0.135. The highest BCUT2D eigenvalue weighted by Gasteiger charge is 2.28. The molecular formula is C11H17NO6. The van der Waals surface area contributed by atoms with Crippen LogP contribution >= 0.6 is 0 Å². The van der Waals surface area contributed by atoms with E-state index < -0.39 is 23.6 Å². The Balaban J connectivity index is 4.62. The van der Waals surface area contributed by atoms with E-state index in [4.69, 9.17) is 10.2 Å².